The van der Waals surface area contributed by atoms with Gasteiger partial charge in [-0.05, 0) is 31.6 Å². The highest BCUT2D eigenvalue weighted by Gasteiger charge is 2.46. The second-order valence-electron chi connectivity index (χ2n) is 5.56. The van der Waals surface area contributed by atoms with Gasteiger partial charge in [0.2, 0.25) is 11.6 Å². The van der Waals surface area contributed by atoms with Crippen LogP contribution >= 0.6 is 0 Å². The highest BCUT2D eigenvalue weighted by molar-refractivity contribution is 5.91. The average molecular weight is 308 g/mol. The number of halogens is 1. The van der Waals surface area contributed by atoms with Crippen molar-refractivity contribution in [3.8, 4) is 0 Å². The third kappa shape index (κ3) is 3.21. The van der Waals surface area contributed by atoms with Gasteiger partial charge >= 0.3 is 0 Å². The molecule has 120 valence electrons. The first-order valence-electron chi connectivity index (χ1n) is 7.37. The van der Waals surface area contributed by atoms with Crippen molar-refractivity contribution in [3.63, 3.8) is 0 Å². The van der Waals surface area contributed by atoms with E-state index in [1.54, 1.807) is 12.1 Å². The second-order valence-corrected chi connectivity index (χ2v) is 5.56. The van der Waals surface area contributed by atoms with Gasteiger partial charge < -0.3 is 14.6 Å². The maximum Gasteiger partial charge on any atom is 0.260 e. The number of amides is 2. The SMILES string of the molecule is C=CC(=O)N1CCC(F)(C(=O)N[C@@H](CC)c2ccc(C)o2)C1. The van der Waals surface area contributed by atoms with E-state index in [0.717, 1.165) is 11.8 Å². The summed E-state index contributed by atoms with van der Waals surface area (Å²) in [4.78, 5) is 25.1. The predicted molar refractivity (Wildman–Crippen MR) is 79.9 cm³/mol. The van der Waals surface area contributed by atoms with Crippen molar-refractivity contribution in [2.24, 2.45) is 0 Å². The minimum atomic E-state index is -2.06. The number of nitrogens with one attached hydrogen (secondary N) is 1. The van der Waals surface area contributed by atoms with Gasteiger partial charge in [0, 0.05) is 13.0 Å². The minimum Gasteiger partial charge on any atom is -0.464 e. The van der Waals surface area contributed by atoms with Crippen LogP contribution in [0, 0.1) is 6.92 Å². The highest BCUT2D eigenvalue weighted by Crippen LogP contribution is 2.28. The highest BCUT2D eigenvalue weighted by atomic mass is 19.1. The summed E-state index contributed by atoms with van der Waals surface area (Å²) in [5.74, 6) is 0.282. The van der Waals surface area contributed by atoms with Crippen LogP contribution < -0.4 is 5.32 Å². The molecule has 0 radical (unpaired) electrons. The minimum absolute atomic E-state index is 0.00791. The lowest BCUT2D eigenvalue weighted by atomic mass is 10.0. The van der Waals surface area contributed by atoms with Gasteiger partial charge in [-0.2, -0.15) is 0 Å². The van der Waals surface area contributed by atoms with E-state index in [0.29, 0.717) is 12.2 Å². The van der Waals surface area contributed by atoms with Crippen LogP contribution in [-0.4, -0.2) is 35.5 Å². The number of rotatable bonds is 5. The fourth-order valence-corrected chi connectivity index (χ4v) is 2.58. The Hall–Kier alpha value is -2.11. The molecule has 2 heterocycles. The molecule has 1 unspecified atom stereocenters. The number of likely N-dealkylation sites (tertiary alicyclic amines) is 1. The summed E-state index contributed by atoms with van der Waals surface area (Å²) in [6.45, 7) is 7.04. The monoisotopic (exact) mass is 308 g/mol. The van der Waals surface area contributed by atoms with Crippen molar-refractivity contribution in [2.75, 3.05) is 13.1 Å². The lowest BCUT2D eigenvalue weighted by molar-refractivity contribution is -0.134. The first-order valence-corrected chi connectivity index (χ1v) is 7.37. The molecule has 2 amide bonds. The Morgan fingerprint density at radius 2 is 2.32 bits per heavy atom. The topological polar surface area (TPSA) is 62.6 Å². The number of alkyl halides is 1. The Bertz CT molecular complexity index is 584. The van der Waals surface area contributed by atoms with E-state index in [9.17, 15) is 14.0 Å². The Morgan fingerprint density at radius 3 is 2.86 bits per heavy atom. The van der Waals surface area contributed by atoms with Gasteiger partial charge in [0.25, 0.3) is 5.91 Å². The van der Waals surface area contributed by atoms with Gasteiger partial charge in [-0.25, -0.2) is 4.39 Å². The van der Waals surface area contributed by atoms with Gasteiger partial charge in [-0.1, -0.05) is 13.5 Å². The quantitative estimate of drug-likeness (QED) is 0.849. The van der Waals surface area contributed by atoms with Crippen LogP contribution in [0.3, 0.4) is 0 Å². The van der Waals surface area contributed by atoms with Crippen LogP contribution in [-0.2, 0) is 9.59 Å². The average Bonchev–Trinajstić information content (AvgIpc) is 3.11. The summed E-state index contributed by atoms with van der Waals surface area (Å²) >= 11 is 0. The molecule has 1 aromatic heterocycles. The third-order valence-corrected chi connectivity index (χ3v) is 3.93. The van der Waals surface area contributed by atoms with Crippen molar-refractivity contribution in [1.29, 1.82) is 0 Å². The molecule has 0 aromatic carbocycles. The molecule has 2 rings (SSSR count). The lowest BCUT2D eigenvalue weighted by Crippen LogP contribution is -2.47. The van der Waals surface area contributed by atoms with E-state index in [1.165, 1.54) is 4.90 Å². The standard InChI is InChI=1S/C16H21FN2O3/c1-4-12(13-7-6-11(3)22-13)18-15(21)16(17)8-9-19(10-16)14(20)5-2/h5-7,12H,2,4,8-10H2,1,3H3,(H,18,21)/t12-,16?/m0/s1. The fourth-order valence-electron chi connectivity index (χ4n) is 2.58. The van der Waals surface area contributed by atoms with Crippen molar-refractivity contribution >= 4 is 11.8 Å². The van der Waals surface area contributed by atoms with Gasteiger partial charge in [0.05, 0.1) is 12.6 Å². The van der Waals surface area contributed by atoms with E-state index in [2.05, 4.69) is 11.9 Å². The fraction of sp³-hybridized carbons (Fsp3) is 0.500. The molecule has 0 spiro atoms. The maximum absolute atomic E-state index is 14.8. The molecule has 6 heteroatoms. The number of carbonyl (C=O) groups excluding carboxylic acids is 2. The molecule has 5 nitrogen and oxygen atoms in total. The zero-order chi connectivity index (χ0) is 16.3. The number of carbonyl (C=O) groups is 2. The van der Waals surface area contributed by atoms with Gasteiger partial charge in [-0.15, -0.1) is 0 Å². The van der Waals surface area contributed by atoms with Crippen LogP contribution in [0.4, 0.5) is 4.39 Å². The van der Waals surface area contributed by atoms with E-state index in [1.807, 2.05) is 13.8 Å². The van der Waals surface area contributed by atoms with Gasteiger partial charge in [0.15, 0.2) is 0 Å². The lowest BCUT2D eigenvalue weighted by Gasteiger charge is -2.23. The molecule has 0 aliphatic carbocycles. The van der Waals surface area contributed by atoms with Crippen LogP contribution in [0.15, 0.2) is 29.2 Å². The molecule has 0 bridgehead atoms. The van der Waals surface area contributed by atoms with Crippen molar-refractivity contribution in [2.45, 2.75) is 38.4 Å². The molecular formula is C16H21FN2O3. The van der Waals surface area contributed by atoms with Crippen molar-refractivity contribution in [3.05, 3.63) is 36.3 Å². The van der Waals surface area contributed by atoms with E-state index in [-0.39, 0.29) is 31.5 Å². The summed E-state index contributed by atoms with van der Waals surface area (Å²) in [7, 11) is 0. The predicted octanol–water partition coefficient (Wildman–Crippen LogP) is 2.28. The van der Waals surface area contributed by atoms with Gasteiger partial charge in [0.1, 0.15) is 11.5 Å². The van der Waals surface area contributed by atoms with Crippen molar-refractivity contribution in [1.82, 2.24) is 10.2 Å². The van der Waals surface area contributed by atoms with Gasteiger partial charge in [-0.3, -0.25) is 9.59 Å². The first-order chi connectivity index (χ1) is 10.4. The Morgan fingerprint density at radius 1 is 1.59 bits per heavy atom. The molecule has 22 heavy (non-hydrogen) atoms. The van der Waals surface area contributed by atoms with Crippen LogP contribution in [0.25, 0.3) is 0 Å². The number of hydrogen-bond acceptors (Lipinski definition) is 3. The zero-order valence-electron chi connectivity index (χ0n) is 12.9. The normalized spacial score (nSPS) is 22.4. The largest absolute Gasteiger partial charge is 0.464 e. The van der Waals surface area contributed by atoms with Crippen LogP contribution in [0.5, 0.6) is 0 Å². The van der Waals surface area contributed by atoms with Crippen LogP contribution in [0.2, 0.25) is 0 Å². The molecule has 1 saturated heterocycles. The van der Waals surface area contributed by atoms with Crippen molar-refractivity contribution < 1.29 is 18.4 Å². The molecule has 1 aromatic rings. The Kier molecular flexibility index (Phi) is 4.68. The summed E-state index contributed by atoms with van der Waals surface area (Å²) in [5, 5.41) is 2.68. The molecule has 1 N–H and O–H groups in total. The summed E-state index contributed by atoms with van der Waals surface area (Å²) < 4.78 is 20.3. The maximum atomic E-state index is 14.8. The first kappa shape index (κ1) is 16.3. The smallest absolute Gasteiger partial charge is 0.260 e. The van der Waals surface area contributed by atoms with E-state index in [4.69, 9.17) is 4.42 Å². The zero-order valence-corrected chi connectivity index (χ0v) is 12.9. The Labute approximate surface area is 129 Å². The summed E-state index contributed by atoms with van der Waals surface area (Å²) in [6.07, 6.45) is 1.71. The van der Waals surface area contributed by atoms with E-state index < -0.39 is 11.6 Å². The Balaban J connectivity index is 2.04. The number of nitrogens with zero attached hydrogens (tertiary/aromatic N) is 1. The summed E-state index contributed by atoms with van der Waals surface area (Å²) in [5.41, 5.74) is -2.06. The van der Waals surface area contributed by atoms with E-state index >= 15 is 0 Å². The number of aryl methyl sites for hydroxylation is 1. The third-order valence-electron chi connectivity index (χ3n) is 3.93. The molecule has 1 aliphatic rings. The number of hydrogen-bond donors (Lipinski definition) is 1. The second kappa shape index (κ2) is 6.34. The molecule has 2 atom stereocenters. The molecule has 1 fully saturated rings. The van der Waals surface area contributed by atoms with Crippen LogP contribution in [0.1, 0.15) is 37.3 Å². The molecule has 1 aliphatic heterocycles. The summed E-state index contributed by atoms with van der Waals surface area (Å²) in [6, 6.07) is 3.20. The molecule has 0 saturated carbocycles. The number of furan rings is 1. The molecular weight excluding hydrogens is 287 g/mol.